The zero-order valence-corrected chi connectivity index (χ0v) is 16.2. The van der Waals surface area contributed by atoms with Crippen molar-refractivity contribution in [1.82, 2.24) is 24.8 Å². The second-order valence-corrected chi connectivity index (χ2v) is 6.56. The Kier molecular flexibility index (Phi) is 6.45. The van der Waals surface area contributed by atoms with E-state index in [9.17, 15) is 9.90 Å². The van der Waals surface area contributed by atoms with Crippen molar-refractivity contribution in [2.75, 3.05) is 30.7 Å². The number of aromatic hydroxyl groups is 1. The Hall–Kier alpha value is -3.40. The number of amides is 1. The highest BCUT2D eigenvalue weighted by molar-refractivity contribution is 5.94. The fraction of sp³-hybridized carbons (Fsp3) is 0.368. The molecule has 1 amide bonds. The number of aliphatic hydroxyl groups excluding tert-OH is 1. The van der Waals surface area contributed by atoms with Gasteiger partial charge >= 0.3 is 0 Å². The molecule has 0 aliphatic heterocycles. The Morgan fingerprint density at radius 3 is 2.62 bits per heavy atom. The molecular formula is C19H25N7O3. The monoisotopic (exact) mass is 399 g/mol. The molecule has 1 aromatic carbocycles. The van der Waals surface area contributed by atoms with Crippen LogP contribution in [0.25, 0.3) is 11.2 Å². The van der Waals surface area contributed by atoms with E-state index in [2.05, 4.69) is 32.5 Å². The predicted octanol–water partition coefficient (Wildman–Crippen LogP) is 1.10. The van der Waals surface area contributed by atoms with Gasteiger partial charge in [0.15, 0.2) is 17.0 Å². The minimum Gasteiger partial charge on any atom is -0.480 e. The molecule has 3 aromatic rings. The Bertz CT molecular complexity index is 986. The van der Waals surface area contributed by atoms with Gasteiger partial charge in [0.1, 0.15) is 0 Å². The molecule has 29 heavy (non-hydrogen) atoms. The standard InChI is InChI=1S/C19H25N7O3/c1-2-3-8-22-18-24-15(20)14-16(25-18)26(19(29)23-14)11-12-4-6-13(7-5-12)17(28)21-9-10-27/h4-7,27H,2-3,8-11H2,1H3,(H,21,28)(H,23,29)(H3,20,22,24,25). The maximum Gasteiger partial charge on any atom is 0.296 e. The van der Waals surface area contributed by atoms with Gasteiger partial charge in [-0.1, -0.05) is 25.5 Å². The van der Waals surface area contributed by atoms with Crippen LogP contribution in [0.5, 0.6) is 6.01 Å². The fourth-order valence-corrected chi connectivity index (χ4v) is 2.83. The van der Waals surface area contributed by atoms with Crippen molar-refractivity contribution in [3.8, 4) is 6.01 Å². The number of aliphatic hydroxyl groups is 1. The molecule has 0 saturated heterocycles. The fourth-order valence-electron chi connectivity index (χ4n) is 2.83. The van der Waals surface area contributed by atoms with Crippen LogP contribution in [0.2, 0.25) is 0 Å². The molecule has 0 spiro atoms. The van der Waals surface area contributed by atoms with Crippen LogP contribution >= 0.6 is 0 Å². The summed E-state index contributed by atoms with van der Waals surface area (Å²) in [7, 11) is 0. The molecule has 10 nitrogen and oxygen atoms in total. The van der Waals surface area contributed by atoms with E-state index >= 15 is 0 Å². The first-order chi connectivity index (χ1) is 14.0. The third kappa shape index (κ3) is 4.72. The van der Waals surface area contributed by atoms with Gasteiger partial charge in [0.2, 0.25) is 5.95 Å². The van der Waals surface area contributed by atoms with E-state index in [1.807, 2.05) is 0 Å². The third-order valence-electron chi connectivity index (χ3n) is 4.37. The normalized spacial score (nSPS) is 11.0. The van der Waals surface area contributed by atoms with E-state index in [0.717, 1.165) is 24.9 Å². The summed E-state index contributed by atoms with van der Waals surface area (Å²) in [5.74, 6) is 0.323. The van der Waals surface area contributed by atoms with E-state index < -0.39 is 0 Å². The van der Waals surface area contributed by atoms with Crippen molar-refractivity contribution in [2.45, 2.75) is 26.3 Å². The number of carbonyl (C=O) groups is 1. The number of nitrogens with one attached hydrogen (secondary N) is 2. The highest BCUT2D eigenvalue weighted by Gasteiger charge is 2.16. The molecule has 0 unspecified atom stereocenters. The SMILES string of the molecule is CCCCNc1nc(N)c2nc(O)n(Cc3ccc(C(=O)NCCO)cc3)c2n1. The maximum absolute atomic E-state index is 11.9. The summed E-state index contributed by atoms with van der Waals surface area (Å²) < 4.78 is 1.54. The molecule has 0 fully saturated rings. The lowest BCUT2D eigenvalue weighted by atomic mass is 10.1. The minimum atomic E-state index is -0.259. The molecule has 2 aromatic heterocycles. The number of benzene rings is 1. The van der Waals surface area contributed by atoms with Crippen molar-refractivity contribution in [3.63, 3.8) is 0 Å². The van der Waals surface area contributed by atoms with Crippen LogP contribution in [-0.4, -0.2) is 55.3 Å². The largest absolute Gasteiger partial charge is 0.480 e. The molecule has 6 N–H and O–H groups in total. The van der Waals surface area contributed by atoms with Crippen molar-refractivity contribution in [2.24, 2.45) is 0 Å². The Balaban J connectivity index is 1.83. The average Bonchev–Trinajstić information content (AvgIpc) is 3.03. The Morgan fingerprint density at radius 2 is 1.93 bits per heavy atom. The summed E-state index contributed by atoms with van der Waals surface area (Å²) in [6.07, 6.45) is 2.02. The summed E-state index contributed by atoms with van der Waals surface area (Å²) in [6.45, 7) is 3.20. The van der Waals surface area contributed by atoms with Gasteiger partial charge in [-0.2, -0.15) is 15.0 Å². The van der Waals surface area contributed by atoms with Crippen LogP contribution in [0.3, 0.4) is 0 Å². The second kappa shape index (κ2) is 9.20. The third-order valence-corrected chi connectivity index (χ3v) is 4.37. The molecular weight excluding hydrogens is 374 g/mol. The lowest BCUT2D eigenvalue weighted by molar-refractivity contribution is 0.0944. The van der Waals surface area contributed by atoms with Crippen molar-refractivity contribution >= 4 is 28.8 Å². The number of anilines is 2. The van der Waals surface area contributed by atoms with Crippen LogP contribution < -0.4 is 16.4 Å². The van der Waals surface area contributed by atoms with Crippen molar-refractivity contribution in [1.29, 1.82) is 0 Å². The Morgan fingerprint density at radius 1 is 1.17 bits per heavy atom. The quantitative estimate of drug-likeness (QED) is 0.336. The molecule has 0 atom stereocenters. The summed E-state index contributed by atoms with van der Waals surface area (Å²) in [4.78, 5) is 24.7. The predicted molar refractivity (Wildman–Crippen MR) is 110 cm³/mol. The topological polar surface area (TPSA) is 151 Å². The summed E-state index contributed by atoms with van der Waals surface area (Å²) in [5.41, 5.74) is 8.08. The van der Waals surface area contributed by atoms with Crippen LogP contribution in [0.1, 0.15) is 35.7 Å². The van der Waals surface area contributed by atoms with Gasteiger partial charge in [-0.25, -0.2) is 0 Å². The number of hydrogen-bond donors (Lipinski definition) is 5. The number of nitrogen functional groups attached to an aromatic ring is 1. The van der Waals surface area contributed by atoms with Crippen LogP contribution in [0.15, 0.2) is 24.3 Å². The molecule has 0 bridgehead atoms. The number of rotatable bonds is 9. The first-order valence-corrected chi connectivity index (χ1v) is 9.48. The zero-order chi connectivity index (χ0) is 20.8. The molecule has 3 rings (SSSR count). The zero-order valence-electron chi connectivity index (χ0n) is 16.2. The molecule has 10 heteroatoms. The number of carbonyl (C=O) groups excluding carboxylic acids is 1. The van der Waals surface area contributed by atoms with Gasteiger partial charge in [0, 0.05) is 18.7 Å². The van der Waals surface area contributed by atoms with Crippen LogP contribution in [0.4, 0.5) is 11.8 Å². The van der Waals surface area contributed by atoms with E-state index in [4.69, 9.17) is 10.8 Å². The van der Waals surface area contributed by atoms with Crippen molar-refractivity contribution < 1.29 is 15.0 Å². The van der Waals surface area contributed by atoms with Crippen LogP contribution in [0, 0.1) is 0 Å². The lowest BCUT2D eigenvalue weighted by Gasteiger charge is -2.09. The first-order valence-electron chi connectivity index (χ1n) is 9.48. The summed E-state index contributed by atoms with van der Waals surface area (Å²) in [6, 6.07) is 6.71. The number of fused-ring (bicyclic) bond motifs is 1. The molecule has 154 valence electrons. The van der Waals surface area contributed by atoms with Gasteiger partial charge < -0.3 is 26.6 Å². The number of nitrogens with two attached hydrogens (primary N) is 1. The van der Waals surface area contributed by atoms with E-state index in [-0.39, 0.29) is 30.9 Å². The summed E-state index contributed by atoms with van der Waals surface area (Å²) >= 11 is 0. The van der Waals surface area contributed by atoms with E-state index in [1.54, 1.807) is 28.8 Å². The number of hydrogen-bond acceptors (Lipinski definition) is 8. The molecule has 0 radical (unpaired) electrons. The van der Waals surface area contributed by atoms with Gasteiger partial charge in [-0.15, -0.1) is 0 Å². The smallest absolute Gasteiger partial charge is 0.296 e. The second-order valence-electron chi connectivity index (χ2n) is 6.56. The number of nitrogens with zero attached hydrogens (tertiary/aromatic N) is 4. The van der Waals surface area contributed by atoms with Crippen LogP contribution in [-0.2, 0) is 6.54 Å². The van der Waals surface area contributed by atoms with Gasteiger partial charge in [-0.05, 0) is 24.1 Å². The number of unbranched alkanes of at least 4 members (excludes halogenated alkanes) is 1. The van der Waals surface area contributed by atoms with Gasteiger partial charge in [0.05, 0.1) is 13.2 Å². The van der Waals surface area contributed by atoms with Gasteiger partial charge in [0.25, 0.3) is 11.9 Å². The minimum absolute atomic E-state index is 0.114. The first kappa shape index (κ1) is 20.3. The lowest BCUT2D eigenvalue weighted by Crippen LogP contribution is -2.26. The average molecular weight is 399 g/mol. The Labute approximate surface area is 167 Å². The van der Waals surface area contributed by atoms with E-state index in [0.29, 0.717) is 29.2 Å². The number of imidazole rings is 1. The van der Waals surface area contributed by atoms with E-state index in [1.165, 1.54) is 0 Å². The highest BCUT2D eigenvalue weighted by Crippen LogP contribution is 2.25. The molecule has 0 saturated carbocycles. The maximum atomic E-state index is 11.9. The summed E-state index contributed by atoms with van der Waals surface area (Å²) in [5, 5.41) is 24.8. The molecule has 2 heterocycles. The van der Waals surface area contributed by atoms with Crippen molar-refractivity contribution in [3.05, 3.63) is 35.4 Å². The highest BCUT2D eigenvalue weighted by atomic mass is 16.3. The number of aromatic nitrogens is 4. The molecule has 0 aliphatic carbocycles. The van der Waals surface area contributed by atoms with Gasteiger partial charge in [-0.3, -0.25) is 9.36 Å². The molecule has 0 aliphatic rings.